The lowest BCUT2D eigenvalue weighted by Gasteiger charge is -2.16. The van der Waals surface area contributed by atoms with E-state index in [9.17, 15) is 4.79 Å². The lowest BCUT2D eigenvalue weighted by Crippen LogP contribution is -2.33. The molecule has 2 aromatic rings. The maximum absolute atomic E-state index is 12.8. The first kappa shape index (κ1) is 14.0. The molecule has 4 rings (SSSR count). The lowest BCUT2D eigenvalue weighted by atomic mass is 9.95. The van der Waals surface area contributed by atoms with Gasteiger partial charge in [0, 0.05) is 12.1 Å². The Morgan fingerprint density at radius 2 is 1.52 bits per heavy atom. The predicted octanol–water partition coefficient (Wildman–Crippen LogP) is 4.21. The van der Waals surface area contributed by atoms with Gasteiger partial charge in [-0.2, -0.15) is 0 Å². The number of nitrogens with one attached hydrogen (secondary N) is 1. The van der Waals surface area contributed by atoms with Gasteiger partial charge in [0.05, 0.1) is 5.41 Å². The number of carbonyl (C=O) groups excluding carboxylic acids is 1. The molecule has 0 radical (unpaired) electrons. The lowest BCUT2D eigenvalue weighted by molar-refractivity contribution is -0.122. The molecule has 1 N–H and O–H groups in total. The smallest absolute Gasteiger partial charge is 0.234 e. The first-order chi connectivity index (χ1) is 11.3. The van der Waals surface area contributed by atoms with E-state index < -0.39 is 0 Å². The van der Waals surface area contributed by atoms with Gasteiger partial charge in [0.15, 0.2) is 0 Å². The zero-order valence-electron chi connectivity index (χ0n) is 13.0. The van der Waals surface area contributed by atoms with Crippen LogP contribution in [-0.2, 0) is 10.2 Å². The molecule has 0 aromatic heterocycles. The molecule has 0 saturated heterocycles. The number of rotatable bonds is 4. The van der Waals surface area contributed by atoms with Crippen LogP contribution >= 0.6 is 0 Å². The SMILES string of the molecule is O=C(NC1=CC=C(c2ccccc2)C1)C1(c2ccccc2)CC1. The third-order valence-electron chi connectivity index (χ3n) is 4.80. The summed E-state index contributed by atoms with van der Waals surface area (Å²) in [5.74, 6) is 0.137. The largest absolute Gasteiger partial charge is 0.329 e. The summed E-state index contributed by atoms with van der Waals surface area (Å²) in [6.45, 7) is 0. The zero-order valence-corrected chi connectivity index (χ0v) is 13.0. The number of hydrogen-bond acceptors (Lipinski definition) is 1. The van der Waals surface area contributed by atoms with E-state index in [-0.39, 0.29) is 11.3 Å². The van der Waals surface area contributed by atoms with Gasteiger partial charge < -0.3 is 5.32 Å². The molecule has 0 spiro atoms. The van der Waals surface area contributed by atoms with Gasteiger partial charge in [-0.05, 0) is 35.6 Å². The summed E-state index contributed by atoms with van der Waals surface area (Å²) in [5.41, 5.74) is 4.29. The molecule has 1 amide bonds. The molecule has 0 heterocycles. The zero-order chi connectivity index (χ0) is 15.7. The Morgan fingerprint density at radius 1 is 0.870 bits per heavy atom. The molecule has 2 aliphatic carbocycles. The van der Waals surface area contributed by atoms with Crippen LogP contribution in [0.4, 0.5) is 0 Å². The van der Waals surface area contributed by atoms with Gasteiger partial charge in [-0.15, -0.1) is 0 Å². The Labute approximate surface area is 136 Å². The molecule has 2 nitrogen and oxygen atoms in total. The number of allylic oxidation sites excluding steroid dienone is 3. The standard InChI is InChI=1S/C21H19NO/c23-20(21(13-14-21)18-9-5-2-6-10-18)22-19-12-11-17(15-19)16-7-3-1-4-8-16/h1-12H,13-15H2,(H,22,23). The second-order valence-electron chi connectivity index (χ2n) is 6.33. The summed E-state index contributed by atoms with van der Waals surface area (Å²) in [6.07, 6.45) is 6.80. The Hall–Kier alpha value is -2.61. The molecule has 0 unspecified atom stereocenters. The summed E-state index contributed by atoms with van der Waals surface area (Å²) >= 11 is 0. The molecule has 2 aliphatic rings. The Balaban J connectivity index is 1.44. The summed E-state index contributed by atoms with van der Waals surface area (Å²) < 4.78 is 0. The Kier molecular flexibility index (Phi) is 3.38. The fourth-order valence-electron chi connectivity index (χ4n) is 3.26. The number of carbonyl (C=O) groups is 1. The molecular formula is C21H19NO. The average Bonchev–Trinajstić information content (AvgIpc) is 3.30. The van der Waals surface area contributed by atoms with Gasteiger partial charge in [-0.25, -0.2) is 0 Å². The second kappa shape index (κ2) is 5.54. The monoisotopic (exact) mass is 301 g/mol. The highest BCUT2D eigenvalue weighted by atomic mass is 16.2. The Morgan fingerprint density at radius 3 is 2.17 bits per heavy atom. The van der Waals surface area contributed by atoms with E-state index in [0.717, 1.165) is 30.5 Å². The van der Waals surface area contributed by atoms with Crippen molar-refractivity contribution in [3.8, 4) is 0 Å². The maximum Gasteiger partial charge on any atom is 0.234 e. The highest BCUT2D eigenvalue weighted by Gasteiger charge is 2.51. The van der Waals surface area contributed by atoms with Crippen LogP contribution in [0.25, 0.3) is 5.57 Å². The molecule has 23 heavy (non-hydrogen) atoms. The van der Waals surface area contributed by atoms with Crippen LogP contribution in [0.3, 0.4) is 0 Å². The molecule has 0 bridgehead atoms. The summed E-state index contributed by atoms with van der Waals surface area (Å²) in [5, 5.41) is 3.15. The van der Waals surface area contributed by atoms with E-state index in [1.165, 1.54) is 11.1 Å². The van der Waals surface area contributed by atoms with Gasteiger partial charge in [-0.1, -0.05) is 66.7 Å². The van der Waals surface area contributed by atoms with E-state index in [2.05, 4.69) is 35.7 Å². The van der Waals surface area contributed by atoms with Crippen molar-refractivity contribution < 1.29 is 4.79 Å². The molecule has 2 aromatic carbocycles. The van der Waals surface area contributed by atoms with Crippen molar-refractivity contribution in [2.75, 3.05) is 0 Å². The molecule has 114 valence electrons. The van der Waals surface area contributed by atoms with Crippen molar-refractivity contribution in [3.05, 3.63) is 89.6 Å². The van der Waals surface area contributed by atoms with Crippen LogP contribution in [0, 0.1) is 0 Å². The predicted molar refractivity (Wildman–Crippen MR) is 92.6 cm³/mol. The van der Waals surface area contributed by atoms with E-state index in [0.29, 0.717) is 0 Å². The molecular weight excluding hydrogens is 282 g/mol. The van der Waals surface area contributed by atoms with Crippen LogP contribution in [0.15, 0.2) is 78.5 Å². The van der Waals surface area contributed by atoms with Crippen molar-refractivity contribution in [3.63, 3.8) is 0 Å². The number of hydrogen-bond donors (Lipinski definition) is 1. The minimum Gasteiger partial charge on any atom is -0.329 e. The quantitative estimate of drug-likeness (QED) is 0.900. The fourth-order valence-corrected chi connectivity index (χ4v) is 3.26. The molecule has 0 atom stereocenters. The highest BCUT2D eigenvalue weighted by Crippen LogP contribution is 2.48. The van der Waals surface area contributed by atoms with Crippen LogP contribution in [0.5, 0.6) is 0 Å². The van der Waals surface area contributed by atoms with Crippen molar-refractivity contribution >= 4 is 11.5 Å². The molecule has 2 heteroatoms. The summed E-state index contributed by atoms with van der Waals surface area (Å²) in [7, 11) is 0. The first-order valence-corrected chi connectivity index (χ1v) is 8.10. The summed E-state index contributed by atoms with van der Waals surface area (Å²) in [4.78, 5) is 12.8. The van der Waals surface area contributed by atoms with Gasteiger partial charge in [0.1, 0.15) is 0 Å². The summed E-state index contributed by atoms with van der Waals surface area (Å²) in [6, 6.07) is 20.4. The van der Waals surface area contributed by atoms with E-state index in [4.69, 9.17) is 0 Å². The van der Waals surface area contributed by atoms with Gasteiger partial charge >= 0.3 is 0 Å². The van der Waals surface area contributed by atoms with Crippen molar-refractivity contribution in [2.24, 2.45) is 0 Å². The normalized spacial score (nSPS) is 18.1. The van der Waals surface area contributed by atoms with Crippen LogP contribution < -0.4 is 5.32 Å². The van der Waals surface area contributed by atoms with Gasteiger partial charge in [-0.3, -0.25) is 4.79 Å². The Bertz CT molecular complexity index is 783. The first-order valence-electron chi connectivity index (χ1n) is 8.10. The molecule has 0 aliphatic heterocycles. The van der Waals surface area contributed by atoms with Crippen LogP contribution in [-0.4, -0.2) is 5.91 Å². The second-order valence-corrected chi connectivity index (χ2v) is 6.33. The minimum absolute atomic E-state index is 0.137. The van der Waals surface area contributed by atoms with Gasteiger partial charge in [0.2, 0.25) is 5.91 Å². The fraction of sp³-hybridized carbons (Fsp3) is 0.190. The van der Waals surface area contributed by atoms with Crippen LogP contribution in [0.2, 0.25) is 0 Å². The maximum atomic E-state index is 12.8. The van der Waals surface area contributed by atoms with Crippen molar-refractivity contribution in [2.45, 2.75) is 24.7 Å². The number of amides is 1. The average molecular weight is 301 g/mol. The van der Waals surface area contributed by atoms with Crippen molar-refractivity contribution in [1.29, 1.82) is 0 Å². The molecule has 1 fully saturated rings. The van der Waals surface area contributed by atoms with E-state index in [1.54, 1.807) is 0 Å². The molecule has 1 saturated carbocycles. The topological polar surface area (TPSA) is 29.1 Å². The third-order valence-corrected chi connectivity index (χ3v) is 4.80. The van der Waals surface area contributed by atoms with Crippen LogP contribution in [0.1, 0.15) is 30.4 Å². The number of benzene rings is 2. The van der Waals surface area contributed by atoms with Crippen molar-refractivity contribution in [1.82, 2.24) is 5.32 Å². The van der Waals surface area contributed by atoms with Gasteiger partial charge in [0.25, 0.3) is 0 Å². The van der Waals surface area contributed by atoms with E-state index in [1.807, 2.05) is 42.5 Å². The highest BCUT2D eigenvalue weighted by molar-refractivity contribution is 5.93. The van der Waals surface area contributed by atoms with E-state index >= 15 is 0 Å². The third kappa shape index (κ3) is 2.61. The minimum atomic E-state index is -0.308.